The summed E-state index contributed by atoms with van der Waals surface area (Å²) in [6.45, 7) is 1.31. The molecule has 6 nitrogen and oxygen atoms in total. The van der Waals surface area contributed by atoms with Crippen LogP contribution in [0.25, 0.3) is 0 Å². The molecule has 2 aliphatic heterocycles. The van der Waals surface area contributed by atoms with Crippen molar-refractivity contribution in [1.82, 2.24) is 10.2 Å². The zero-order valence-electron chi connectivity index (χ0n) is 19.6. The van der Waals surface area contributed by atoms with E-state index >= 15 is 0 Å². The normalized spacial score (nSPS) is 20.1. The van der Waals surface area contributed by atoms with Gasteiger partial charge in [-0.2, -0.15) is 13.2 Å². The summed E-state index contributed by atoms with van der Waals surface area (Å²) in [4.78, 5) is 19.5. The van der Waals surface area contributed by atoms with E-state index in [1.165, 1.54) is 18.7 Å². The zero-order valence-corrected chi connectivity index (χ0v) is 19.6. The van der Waals surface area contributed by atoms with Crippen LogP contribution in [0.4, 0.5) is 18.9 Å². The highest BCUT2D eigenvalue weighted by Crippen LogP contribution is 2.34. The first-order valence-corrected chi connectivity index (χ1v) is 11.7. The van der Waals surface area contributed by atoms with Gasteiger partial charge in [-0.25, -0.2) is 4.99 Å². The monoisotopic (exact) mass is 486 g/mol. The minimum absolute atomic E-state index is 0.0694. The van der Waals surface area contributed by atoms with Gasteiger partial charge in [0.2, 0.25) is 5.91 Å². The highest BCUT2D eigenvalue weighted by molar-refractivity contribution is 6.02. The molecule has 1 amide bonds. The largest absolute Gasteiger partial charge is 0.497 e. The summed E-state index contributed by atoms with van der Waals surface area (Å²) in [5.74, 6) is 0.692. The lowest BCUT2D eigenvalue weighted by Gasteiger charge is -2.36. The van der Waals surface area contributed by atoms with Gasteiger partial charge in [-0.1, -0.05) is 17.7 Å². The Morgan fingerprint density at radius 1 is 1.31 bits per heavy atom. The number of allylic oxidation sites excluding steroid dienone is 3. The van der Waals surface area contributed by atoms with Crippen LogP contribution in [0.1, 0.15) is 37.7 Å². The second-order valence-electron chi connectivity index (χ2n) is 8.77. The number of hydrogen-bond acceptors (Lipinski definition) is 5. The number of aliphatic imine (C=N–C) groups is 1. The van der Waals surface area contributed by atoms with E-state index in [-0.39, 0.29) is 29.9 Å². The molecule has 2 heterocycles. The number of amidine groups is 1. The van der Waals surface area contributed by atoms with Crippen molar-refractivity contribution >= 4 is 17.4 Å². The minimum Gasteiger partial charge on any atom is -0.497 e. The highest BCUT2D eigenvalue weighted by atomic mass is 19.4. The number of halogens is 3. The van der Waals surface area contributed by atoms with E-state index in [2.05, 4.69) is 38.4 Å². The second kappa shape index (κ2) is 10.9. The van der Waals surface area contributed by atoms with E-state index < -0.39 is 11.7 Å². The molecule has 2 N–H and O–H groups in total. The van der Waals surface area contributed by atoms with Crippen LogP contribution < -0.4 is 15.4 Å². The lowest BCUT2D eigenvalue weighted by atomic mass is 9.92. The molecule has 186 valence electrons. The third kappa shape index (κ3) is 6.36. The Morgan fingerprint density at radius 3 is 2.97 bits per heavy atom. The first kappa shape index (κ1) is 24.7. The van der Waals surface area contributed by atoms with Crippen LogP contribution in [0, 0.1) is 0 Å². The molecule has 9 heteroatoms. The molecule has 1 aliphatic carbocycles. The van der Waals surface area contributed by atoms with Crippen molar-refractivity contribution in [3.8, 4) is 5.75 Å². The number of anilines is 1. The molecule has 0 aromatic heterocycles. The second-order valence-corrected chi connectivity index (χ2v) is 8.77. The average Bonchev–Trinajstić information content (AvgIpc) is 2.83. The molecule has 35 heavy (non-hydrogen) atoms. The van der Waals surface area contributed by atoms with E-state index in [4.69, 9.17) is 4.74 Å². The number of hydrogen-bond donors (Lipinski definition) is 2. The van der Waals surface area contributed by atoms with E-state index in [1.807, 2.05) is 6.08 Å². The number of amides is 1. The Hall–Kier alpha value is -3.45. The topological polar surface area (TPSA) is 66.0 Å². The van der Waals surface area contributed by atoms with Crippen LogP contribution in [0.15, 0.2) is 64.5 Å². The molecule has 1 aromatic carbocycles. The van der Waals surface area contributed by atoms with Gasteiger partial charge < -0.3 is 20.3 Å². The fourth-order valence-corrected chi connectivity index (χ4v) is 4.54. The number of methoxy groups -OCH3 is 1. The third-order valence-corrected chi connectivity index (χ3v) is 6.26. The molecule has 0 saturated carbocycles. The van der Waals surface area contributed by atoms with Crippen molar-refractivity contribution in [2.24, 2.45) is 4.99 Å². The van der Waals surface area contributed by atoms with Gasteiger partial charge in [0.1, 0.15) is 11.6 Å². The molecule has 1 saturated heterocycles. The van der Waals surface area contributed by atoms with E-state index in [0.717, 1.165) is 62.2 Å². The first-order chi connectivity index (χ1) is 16.8. The summed E-state index contributed by atoms with van der Waals surface area (Å²) in [7, 11) is 1.30. The zero-order chi connectivity index (χ0) is 24.8. The number of nitrogens with zero attached hydrogens (tertiary/aromatic N) is 2. The molecular formula is C26H29F3N4O2. The lowest BCUT2D eigenvalue weighted by molar-refractivity contribution is -0.137. The average molecular weight is 487 g/mol. The van der Waals surface area contributed by atoms with Crippen LogP contribution in [-0.2, 0) is 11.0 Å². The van der Waals surface area contributed by atoms with E-state index in [0.29, 0.717) is 6.54 Å². The number of benzene rings is 1. The number of alkyl halides is 3. The SMILES string of the molecule is COc1cc(NCC(=O)NC2CCCN(C3=NC=C=CCC4=C3C=CCC4)C2)cc(C(F)(F)F)c1. The fraction of sp³-hybridized carbons (Fsp3) is 0.423. The Kier molecular flexibility index (Phi) is 7.66. The van der Waals surface area contributed by atoms with Crippen molar-refractivity contribution < 1.29 is 22.7 Å². The van der Waals surface area contributed by atoms with Gasteiger partial charge in [0, 0.05) is 36.5 Å². The molecule has 4 rings (SSSR count). The molecule has 1 aromatic rings. The fourth-order valence-electron chi connectivity index (χ4n) is 4.54. The number of rotatable bonds is 5. The van der Waals surface area contributed by atoms with Crippen molar-refractivity contribution in [1.29, 1.82) is 0 Å². The van der Waals surface area contributed by atoms with Crippen LogP contribution in [0.5, 0.6) is 5.75 Å². The smallest absolute Gasteiger partial charge is 0.416 e. The molecule has 0 bridgehead atoms. The summed E-state index contributed by atoms with van der Waals surface area (Å²) < 4.78 is 44.4. The van der Waals surface area contributed by atoms with Crippen molar-refractivity contribution in [2.75, 3.05) is 32.1 Å². The van der Waals surface area contributed by atoms with Gasteiger partial charge >= 0.3 is 6.18 Å². The highest BCUT2D eigenvalue weighted by Gasteiger charge is 2.31. The predicted molar refractivity (Wildman–Crippen MR) is 129 cm³/mol. The van der Waals surface area contributed by atoms with Gasteiger partial charge in [0.25, 0.3) is 0 Å². The summed E-state index contributed by atoms with van der Waals surface area (Å²) in [5, 5.41) is 5.80. The molecule has 0 spiro atoms. The third-order valence-electron chi connectivity index (χ3n) is 6.26. The molecule has 1 unspecified atom stereocenters. The number of carbonyl (C=O) groups is 1. The Bertz CT molecular complexity index is 1110. The molecule has 1 fully saturated rings. The van der Waals surface area contributed by atoms with Crippen molar-refractivity contribution in [3.05, 3.63) is 65.1 Å². The van der Waals surface area contributed by atoms with Gasteiger partial charge in [0.15, 0.2) is 0 Å². The van der Waals surface area contributed by atoms with Crippen LogP contribution in [-0.4, -0.2) is 49.4 Å². The number of likely N-dealkylation sites (tertiary alicyclic amines) is 1. The van der Waals surface area contributed by atoms with Crippen molar-refractivity contribution in [3.63, 3.8) is 0 Å². The van der Waals surface area contributed by atoms with Gasteiger partial charge in [-0.05, 0) is 50.3 Å². The van der Waals surface area contributed by atoms with Gasteiger partial charge in [-0.3, -0.25) is 4.79 Å². The number of piperidine rings is 1. The number of carbonyl (C=O) groups excluding carboxylic acids is 1. The lowest BCUT2D eigenvalue weighted by Crippen LogP contribution is -2.51. The summed E-state index contributed by atoms with van der Waals surface area (Å²) in [5.41, 5.74) is 4.94. The summed E-state index contributed by atoms with van der Waals surface area (Å²) in [6, 6.07) is 3.24. The molecule has 3 aliphatic rings. The van der Waals surface area contributed by atoms with Crippen molar-refractivity contribution in [2.45, 2.75) is 44.3 Å². The first-order valence-electron chi connectivity index (χ1n) is 11.7. The van der Waals surface area contributed by atoms with E-state index in [9.17, 15) is 18.0 Å². The number of ether oxygens (including phenoxy) is 1. The molecule has 0 radical (unpaired) electrons. The summed E-state index contributed by atoms with van der Waals surface area (Å²) in [6.07, 6.45) is 8.09. The van der Waals surface area contributed by atoms with Crippen LogP contribution >= 0.6 is 0 Å². The maximum Gasteiger partial charge on any atom is 0.416 e. The standard InChI is InChI=1S/C26H29F3N4O2/c1-35-22-14-19(26(27,28)29)13-21(15-22)31-16-24(34)32-20-9-6-12-33(17-20)25-23-10-3-2-7-18(23)8-4-5-11-30-25/h3-4,10-11,13-15,20,31H,2,6-9,12,16-17H2,1H3,(H,32,34). The number of nitrogens with one attached hydrogen (secondary N) is 2. The van der Waals surface area contributed by atoms with Gasteiger partial charge in [0.05, 0.1) is 25.4 Å². The minimum atomic E-state index is -4.51. The Balaban J connectivity index is 1.38. The van der Waals surface area contributed by atoms with Gasteiger partial charge in [-0.15, -0.1) is 5.73 Å². The maximum absolute atomic E-state index is 13.1. The van der Waals surface area contributed by atoms with Crippen LogP contribution in [0.3, 0.4) is 0 Å². The Labute approximate surface area is 202 Å². The quantitative estimate of drug-likeness (QED) is 0.586. The van der Waals surface area contributed by atoms with E-state index in [1.54, 1.807) is 6.20 Å². The predicted octanol–water partition coefficient (Wildman–Crippen LogP) is 4.82. The Morgan fingerprint density at radius 2 is 2.17 bits per heavy atom. The molecule has 1 atom stereocenters. The molecular weight excluding hydrogens is 457 g/mol. The van der Waals surface area contributed by atoms with Crippen LogP contribution in [0.2, 0.25) is 0 Å². The maximum atomic E-state index is 13.1. The summed E-state index contributed by atoms with van der Waals surface area (Å²) >= 11 is 0.